The van der Waals surface area contributed by atoms with Crippen LogP contribution < -0.4 is 20.1 Å². The third kappa shape index (κ3) is 6.87. The molecule has 0 radical (unpaired) electrons. The number of nitrogens with one attached hydrogen (secondary N) is 3. The van der Waals surface area contributed by atoms with E-state index in [9.17, 15) is 18.5 Å². The smallest absolute Gasteiger partial charge is 0.271 e. The predicted molar refractivity (Wildman–Crippen MR) is 166 cm³/mol. The molecule has 0 aliphatic heterocycles. The van der Waals surface area contributed by atoms with Gasteiger partial charge in [0.05, 0.1) is 4.92 Å². The van der Waals surface area contributed by atoms with Crippen LogP contribution in [0.1, 0.15) is 0 Å². The van der Waals surface area contributed by atoms with Crippen molar-refractivity contribution in [3.63, 3.8) is 0 Å². The summed E-state index contributed by atoms with van der Waals surface area (Å²) >= 11 is 6.35. The van der Waals surface area contributed by atoms with Gasteiger partial charge >= 0.3 is 0 Å². The molecule has 41 heavy (non-hydrogen) atoms. The number of non-ortho nitro benzene ring substituents is 1. The summed E-state index contributed by atoms with van der Waals surface area (Å²) in [7, 11) is -3.85. The van der Waals surface area contributed by atoms with Crippen LogP contribution in [0.2, 0.25) is 0 Å². The van der Waals surface area contributed by atoms with E-state index < -0.39 is 14.9 Å². The van der Waals surface area contributed by atoms with Crippen LogP contribution >= 0.6 is 23.6 Å². The average Bonchev–Trinajstić information content (AvgIpc) is 3.47. The number of para-hydroxylation sites is 1. The van der Waals surface area contributed by atoms with Crippen molar-refractivity contribution in [2.24, 2.45) is 0 Å². The number of nitro benzene ring substituents is 1. The van der Waals surface area contributed by atoms with Crippen LogP contribution in [0.25, 0.3) is 21.9 Å². The molecule has 5 rings (SSSR count). The van der Waals surface area contributed by atoms with Crippen LogP contribution in [0, 0.1) is 10.1 Å². The van der Waals surface area contributed by atoms with Gasteiger partial charge in [-0.2, -0.15) is 0 Å². The first-order valence-corrected chi connectivity index (χ1v) is 15.2. The van der Waals surface area contributed by atoms with Crippen LogP contribution in [-0.4, -0.2) is 31.5 Å². The molecule has 0 aliphatic carbocycles. The fourth-order valence-electron chi connectivity index (χ4n) is 4.14. The number of sulfonamides is 1. The molecule has 0 unspecified atom stereocenters. The summed E-state index contributed by atoms with van der Waals surface area (Å²) in [6.45, 7) is 0.258. The summed E-state index contributed by atoms with van der Waals surface area (Å²) in [5.74, 6) is 1.19. The van der Waals surface area contributed by atoms with E-state index in [1.807, 2.05) is 66.7 Å². The Bertz CT molecular complexity index is 1840. The van der Waals surface area contributed by atoms with Crippen molar-refractivity contribution in [2.45, 2.75) is 4.21 Å². The second-order valence-corrected chi connectivity index (χ2v) is 12.1. The van der Waals surface area contributed by atoms with Crippen molar-refractivity contribution in [2.75, 3.05) is 18.4 Å². The van der Waals surface area contributed by atoms with Gasteiger partial charge in [0, 0.05) is 42.0 Å². The molecule has 0 spiro atoms. The van der Waals surface area contributed by atoms with Crippen molar-refractivity contribution in [3.8, 4) is 22.6 Å². The highest BCUT2D eigenvalue weighted by Gasteiger charge is 2.23. The minimum Gasteiger partial charge on any atom is -0.457 e. The van der Waals surface area contributed by atoms with Crippen LogP contribution in [-0.2, 0) is 10.0 Å². The molecule has 0 amide bonds. The molecule has 0 atom stereocenters. The average molecular weight is 605 g/mol. The summed E-state index contributed by atoms with van der Waals surface area (Å²) in [4.78, 5) is 10.5. The number of benzene rings is 4. The highest BCUT2D eigenvalue weighted by atomic mass is 32.2. The first-order chi connectivity index (χ1) is 19.8. The van der Waals surface area contributed by atoms with Gasteiger partial charge in [0.25, 0.3) is 15.7 Å². The zero-order chi connectivity index (χ0) is 28.8. The maximum absolute atomic E-state index is 13.3. The Kier molecular flexibility index (Phi) is 8.55. The summed E-state index contributed by atoms with van der Waals surface area (Å²) in [6, 6.07) is 28.8. The van der Waals surface area contributed by atoms with Gasteiger partial charge in [0.2, 0.25) is 0 Å². The predicted octanol–water partition coefficient (Wildman–Crippen LogP) is 6.53. The number of hydrogen-bond donors (Lipinski definition) is 3. The monoisotopic (exact) mass is 604 g/mol. The number of ether oxygens (including phenoxy) is 1. The Morgan fingerprint density at radius 2 is 1.66 bits per heavy atom. The fraction of sp³-hybridized carbons (Fsp3) is 0.0690. The Labute approximate surface area is 246 Å². The van der Waals surface area contributed by atoms with Gasteiger partial charge in [0.1, 0.15) is 15.7 Å². The molecule has 0 aliphatic rings. The molecule has 0 saturated carbocycles. The molecular formula is C29H24N4O5S3. The topological polar surface area (TPSA) is 123 Å². The lowest BCUT2D eigenvalue weighted by Crippen LogP contribution is -2.36. The summed E-state index contributed by atoms with van der Waals surface area (Å²) in [5.41, 5.74) is 1.57. The lowest BCUT2D eigenvalue weighted by Gasteiger charge is -2.14. The van der Waals surface area contributed by atoms with Gasteiger partial charge in [-0.15, -0.1) is 11.3 Å². The van der Waals surface area contributed by atoms with Crippen LogP contribution in [0.5, 0.6) is 11.5 Å². The largest absolute Gasteiger partial charge is 0.457 e. The first-order valence-electron chi connectivity index (χ1n) is 12.4. The zero-order valence-corrected chi connectivity index (χ0v) is 23.9. The van der Waals surface area contributed by atoms with E-state index in [0.717, 1.165) is 22.1 Å². The number of anilines is 1. The number of nitrogens with zero attached hydrogens (tertiary/aromatic N) is 1. The first kappa shape index (κ1) is 28.2. The molecule has 208 valence electrons. The minimum atomic E-state index is -3.85. The van der Waals surface area contributed by atoms with E-state index in [4.69, 9.17) is 17.0 Å². The standard InChI is InChI=1S/C29H24N4O5S3/c34-33(35)23-9-5-8-22(19-23)32-29(39)30-15-16-31-41(36,37)28-26(14-17-40-28)25-10-3-4-11-27(25)38-24-13-12-20-6-1-2-7-21(20)18-24/h1-14,17-19,31H,15-16H2,(H2,30,32,39). The maximum Gasteiger partial charge on any atom is 0.271 e. The number of thiophene rings is 1. The Balaban J connectivity index is 1.24. The number of nitro groups is 1. The van der Waals surface area contributed by atoms with E-state index in [-0.39, 0.29) is 28.1 Å². The number of hydrogen-bond acceptors (Lipinski definition) is 7. The Morgan fingerprint density at radius 3 is 2.49 bits per heavy atom. The summed E-state index contributed by atoms with van der Waals surface area (Å²) in [6.07, 6.45) is 0. The molecule has 12 heteroatoms. The molecule has 5 aromatic rings. The molecule has 9 nitrogen and oxygen atoms in total. The van der Waals surface area contributed by atoms with E-state index >= 15 is 0 Å². The van der Waals surface area contributed by atoms with Crippen molar-refractivity contribution >= 4 is 60.8 Å². The van der Waals surface area contributed by atoms with E-state index in [1.54, 1.807) is 23.6 Å². The lowest BCUT2D eigenvalue weighted by molar-refractivity contribution is -0.384. The molecule has 1 heterocycles. The highest BCUT2D eigenvalue weighted by molar-refractivity contribution is 7.91. The normalized spacial score (nSPS) is 11.2. The molecule has 1 aromatic heterocycles. The minimum absolute atomic E-state index is 0.0612. The molecule has 3 N–H and O–H groups in total. The fourth-order valence-corrected chi connectivity index (χ4v) is 6.81. The number of rotatable bonds is 10. The maximum atomic E-state index is 13.3. The van der Waals surface area contributed by atoms with E-state index in [2.05, 4.69) is 15.4 Å². The van der Waals surface area contributed by atoms with Gasteiger partial charge in [-0.1, -0.05) is 54.6 Å². The highest BCUT2D eigenvalue weighted by Crippen LogP contribution is 2.39. The number of fused-ring (bicyclic) bond motifs is 1. The quantitative estimate of drug-likeness (QED) is 0.0712. The molecule has 4 aromatic carbocycles. The van der Waals surface area contributed by atoms with Crippen LogP contribution in [0.15, 0.2) is 107 Å². The van der Waals surface area contributed by atoms with Crippen LogP contribution in [0.4, 0.5) is 11.4 Å². The van der Waals surface area contributed by atoms with E-state index in [1.165, 1.54) is 12.1 Å². The van der Waals surface area contributed by atoms with Gasteiger partial charge < -0.3 is 15.4 Å². The zero-order valence-electron chi connectivity index (χ0n) is 21.4. The second-order valence-electron chi connectivity index (χ2n) is 8.82. The summed E-state index contributed by atoms with van der Waals surface area (Å²) in [5, 5.41) is 20.8. The van der Waals surface area contributed by atoms with E-state index in [0.29, 0.717) is 28.3 Å². The lowest BCUT2D eigenvalue weighted by atomic mass is 10.1. The molecule has 0 fully saturated rings. The molecule has 0 saturated heterocycles. The third-order valence-electron chi connectivity index (χ3n) is 6.02. The van der Waals surface area contributed by atoms with Gasteiger partial charge in [-0.05, 0) is 58.7 Å². The van der Waals surface area contributed by atoms with Crippen molar-refractivity contribution in [1.82, 2.24) is 10.0 Å². The Morgan fingerprint density at radius 1 is 0.878 bits per heavy atom. The van der Waals surface area contributed by atoms with Crippen molar-refractivity contribution in [1.29, 1.82) is 0 Å². The van der Waals surface area contributed by atoms with Crippen molar-refractivity contribution in [3.05, 3.63) is 113 Å². The van der Waals surface area contributed by atoms with Crippen LogP contribution in [0.3, 0.4) is 0 Å². The second kappa shape index (κ2) is 12.4. The van der Waals surface area contributed by atoms with Gasteiger partial charge in [-0.25, -0.2) is 13.1 Å². The van der Waals surface area contributed by atoms with Crippen molar-refractivity contribution < 1.29 is 18.1 Å². The Hall–Kier alpha value is -4.36. The molecular weight excluding hydrogens is 581 g/mol. The van der Waals surface area contributed by atoms with Gasteiger partial charge in [0.15, 0.2) is 5.11 Å². The number of thiocarbonyl (C=S) groups is 1. The third-order valence-corrected chi connectivity index (χ3v) is 9.21. The summed E-state index contributed by atoms with van der Waals surface area (Å²) < 4.78 is 35.5. The molecule has 0 bridgehead atoms. The SMILES string of the molecule is O=[N+]([O-])c1cccc(NC(=S)NCCNS(=O)(=O)c2sccc2-c2ccccc2Oc2ccc3ccccc3c2)c1. The van der Waals surface area contributed by atoms with Gasteiger partial charge in [-0.3, -0.25) is 10.1 Å².